The SMILES string of the molecule is CCCCCCc1cccc(SC)c1/C=C/C(=O)N(C)O. The summed E-state index contributed by atoms with van der Waals surface area (Å²) in [5.74, 6) is -0.414. The van der Waals surface area contributed by atoms with Gasteiger partial charge in [0.25, 0.3) is 5.91 Å². The third kappa shape index (κ3) is 5.94. The van der Waals surface area contributed by atoms with Gasteiger partial charge in [0.15, 0.2) is 0 Å². The predicted octanol–water partition coefficient (Wildman–Crippen LogP) is 4.39. The summed E-state index contributed by atoms with van der Waals surface area (Å²) in [6.45, 7) is 2.21. The van der Waals surface area contributed by atoms with Crippen LogP contribution in [0.2, 0.25) is 0 Å². The van der Waals surface area contributed by atoms with Crippen LogP contribution in [-0.4, -0.2) is 29.5 Å². The van der Waals surface area contributed by atoms with Gasteiger partial charge >= 0.3 is 0 Å². The second kappa shape index (κ2) is 9.64. The van der Waals surface area contributed by atoms with Gasteiger partial charge in [-0.1, -0.05) is 38.3 Å². The molecule has 3 nitrogen and oxygen atoms in total. The number of likely N-dealkylation sites (N-methyl/N-ethyl adjacent to an activating group) is 1. The van der Waals surface area contributed by atoms with Crippen molar-refractivity contribution in [1.82, 2.24) is 5.06 Å². The number of carbonyl (C=O) groups is 1. The standard InChI is InChI=1S/C17H25NO2S/c1-4-5-6-7-9-14-10-8-11-16(21-3)15(14)12-13-17(19)18(2)20/h8,10-13,20H,4-7,9H2,1-3H3/b13-12+. The quantitative estimate of drug-likeness (QED) is 0.254. The maximum atomic E-state index is 11.5. The monoisotopic (exact) mass is 307 g/mol. The number of hydrogen-bond donors (Lipinski definition) is 1. The van der Waals surface area contributed by atoms with Crippen LogP contribution in [0.4, 0.5) is 0 Å². The van der Waals surface area contributed by atoms with Crippen LogP contribution in [0.5, 0.6) is 0 Å². The maximum Gasteiger partial charge on any atom is 0.269 e. The number of thioether (sulfide) groups is 1. The van der Waals surface area contributed by atoms with Crippen molar-refractivity contribution in [2.45, 2.75) is 43.9 Å². The second-order valence-corrected chi connectivity index (χ2v) is 5.89. The molecule has 0 fully saturated rings. The highest BCUT2D eigenvalue weighted by molar-refractivity contribution is 7.98. The van der Waals surface area contributed by atoms with E-state index in [4.69, 9.17) is 5.21 Å². The number of unbranched alkanes of at least 4 members (excludes halogenated alkanes) is 3. The van der Waals surface area contributed by atoms with E-state index in [9.17, 15) is 4.79 Å². The normalized spacial score (nSPS) is 11.0. The summed E-state index contributed by atoms with van der Waals surface area (Å²) in [4.78, 5) is 12.7. The lowest BCUT2D eigenvalue weighted by Gasteiger charge is -2.11. The Hall–Kier alpha value is -1.26. The van der Waals surface area contributed by atoms with Crippen LogP contribution in [-0.2, 0) is 11.2 Å². The van der Waals surface area contributed by atoms with E-state index >= 15 is 0 Å². The fourth-order valence-corrected chi connectivity index (χ4v) is 2.81. The number of aryl methyl sites for hydroxylation is 1. The molecule has 1 rings (SSSR count). The van der Waals surface area contributed by atoms with Crippen molar-refractivity contribution >= 4 is 23.7 Å². The molecule has 4 heteroatoms. The second-order valence-electron chi connectivity index (χ2n) is 5.04. The molecule has 0 spiro atoms. The molecule has 21 heavy (non-hydrogen) atoms. The minimum Gasteiger partial charge on any atom is -0.286 e. The highest BCUT2D eigenvalue weighted by atomic mass is 32.2. The Kier molecular flexibility index (Phi) is 8.16. The van der Waals surface area contributed by atoms with Gasteiger partial charge in [0, 0.05) is 18.0 Å². The Morgan fingerprint density at radius 3 is 2.71 bits per heavy atom. The molecule has 0 saturated heterocycles. The van der Waals surface area contributed by atoms with Gasteiger partial charge in [0.2, 0.25) is 0 Å². The summed E-state index contributed by atoms with van der Waals surface area (Å²) in [5.41, 5.74) is 2.36. The molecule has 1 N–H and O–H groups in total. The van der Waals surface area contributed by atoms with E-state index in [0.717, 1.165) is 16.9 Å². The number of benzene rings is 1. The summed E-state index contributed by atoms with van der Waals surface area (Å²) < 4.78 is 0. The molecule has 0 atom stereocenters. The molecule has 0 aromatic heterocycles. The van der Waals surface area contributed by atoms with Crippen molar-refractivity contribution in [2.75, 3.05) is 13.3 Å². The van der Waals surface area contributed by atoms with E-state index < -0.39 is 5.91 Å². The number of nitrogens with zero attached hydrogens (tertiary/aromatic N) is 1. The van der Waals surface area contributed by atoms with Crippen molar-refractivity contribution in [3.05, 3.63) is 35.4 Å². The average molecular weight is 307 g/mol. The first kappa shape index (κ1) is 17.8. The molecule has 0 bridgehead atoms. The Morgan fingerprint density at radius 2 is 2.10 bits per heavy atom. The van der Waals surface area contributed by atoms with Gasteiger partial charge in [-0.2, -0.15) is 0 Å². The Morgan fingerprint density at radius 1 is 1.33 bits per heavy atom. The van der Waals surface area contributed by atoms with Crippen LogP contribution in [0, 0.1) is 0 Å². The smallest absolute Gasteiger partial charge is 0.269 e. The van der Waals surface area contributed by atoms with E-state index in [0.29, 0.717) is 5.06 Å². The van der Waals surface area contributed by atoms with Crippen molar-refractivity contribution in [2.24, 2.45) is 0 Å². The fourth-order valence-electron chi connectivity index (χ4n) is 2.18. The first-order valence-corrected chi connectivity index (χ1v) is 8.63. The summed E-state index contributed by atoms with van der Waals surface area (Å²) in [7, 11) is 1.33. The summed E-state index contributed by atoms with van der Waals surface area (Å²) in [5, 5.41) is 9.72. The molecule has 1 aromatic rings. The van der Waals surface area contributed by atoms with E-state index in [-0.39, 0.29) is 0 Å². The van der Waals surface area contributed by atoms with Crippen molar-refractivity contribution < 1.29 is 10.0 Å². The molecular weight excluding hydrogens is 282 g/mol. The summed E-state index contributed by atoms with van der Waals surface area (Å²) in [6.07, 6.45) is 11.2. The zero-order chi connectivity index (χ0) is 15.7. The minimum atomic E-state index is -0.414. The predicted molar refractivity (Wildman–Crippen MR) is 89.7 cm³/mol. The Balaban J connectivity index is 2.89. The topological polar surface area (TPSA) is 40.5 Å². The summed E-state index contributed by atoms with van der Waals surface area (Å²) >= 11 is 1.67. The summed E-state index contributed by atoms with van der Waals surface area (Å²) in [6, 6.07) is 6.25. The zero-order valence-corrected chi connectivity index (χ0v) is 13.9. The lowest BCUT2D eigenvalue weighted by atomic mass is 10.0. The minimum absolute atomic E-state index is 0.414. The van der Waals surface area contributed by atoms with Crippen molar-refractivity contribution in [3.63, 3.8) is 0 Å². The fraction of sp³-hybridized carbons (Fsp3) is 0.471. The molecule has 0 heterocycles. The van der Waals surface area contributed by atoms with Gasteiger partial charge in [-0.3, -0.25) is 10.0 Å². The van der Waals surface area contributed by atoms with Gasteiger partial charge in [-0.25, -0.2) is 5.06 Å². The number of hydroxylamine groups is 2. The molecule has 0 aliphatic rings. The van der Waals surface area contributed by atoms with Gasteiger partial charge < -0.3 is 0 Å². The van der Waals surface area contributed by atoms with Crippen LogP contribution in [0.3, 0.4) is 0 Å². The molecule has 1 aromatic carbocycles. The van der Waals surface area contributed by atoms with Crippen LogP contribution in [0.15, 0.2) is 29.2 Å². The lowest BCUT2D eigenvalue weighted by molar-refractivity contribution is -0.153. The molecule has 0 unspecified atom stereocenters. The number of hydrogen-bond acceptors (Lipinski definition) is 3. The number of carbonyl (C=O) groups excluding carboxylic acids is 1. The molecule has 1 amide bonds. The maximum absolute atomic E-state index is 11.5. The first-order valence-electron chi connectivity index (χ1n) is 7.40. The lowest BCUT2D eigenvalue weighted by Crippen LogP contribution is -2.19. The van der Waals surface area contributed by atoms with Crippen LogP contribution in [0.25, 0.3) is 6.08 Å². The van der Waals surface area contributed by atoms with Crippen LogP contribution in [0.1, 0.15) is 43.7 Å². The van der Waals surface area contributed by atoms with Gasteiger partial charge in [-0.05, 0) is 42.4 Å². The molecule has 0 aliphatic heterocycles. The number of amides is 1. The van der Waals surface area contributed by atoms with Gasteiger partial charge in [-0.15, -0.1) is 11.8 Å². The molecule has 116 valence electrons. The van der Waals surface area contributed by atoms with Crippen LogP contribution >= 0.6 is 11.8 Å². The average Bonchev–Trinajstić information content (AvgIpc) is 2.49. The van der Waals surface area contributed by atoms with E-state index in [1.807, 2.05) is 12.3 Å². The zero-order valence-electron chi connectivity index (χ0n) is 13.1. The first-order chi connectivity index (χ1) is 10.1. The van der Waals surface area contributed by atoms with E-state index in [2.05, 4.69) is 25.1 Å². The Bertz CT molecular complexity index is 484. The number of rotatable bonds is 8. The molecule has 0 saturated carbocycles. The molecule has 0 aliphatic carbocycles. The van der Waals surface area contributed by atoms with Gasteiger partial charge in [0.1, 0.15) is 0 Å². The van der Waals surface area contributed by atoms with Crippen molar-refractivity contribution in [3.8, 4) is 0 Å². The largest absolute Gasteiger partial charge is 0.286 e. The van der Waals surface area contributed by atoms with Crippen molar-refractivity contribution in [1.29, 1.82) is 0 Å². The van der Waals surface area contributed by atoms with Crippen LogP contribution < -0.4 is 0 Å². The van der Waals surface area contributed by atoms with E-state index in [1.54, 1.807) is 11.8 Å². The molecule has 0 radical (unpaired) electrons. The van der Waals surface area contributed by atoms with Gasteiger partial charge in [0.05, 0.1) is 0 Å². The highest BCUT2D eigenvalue weighted by Gasteiger charge is 2.07. The highest BCUT2D eigenvalue weighted by Crippen LogP contribution is 2.26. The molecular formula is C17H25NO2S. The Labute approximate surface area is 132 Å². The third-order valence-electron chi connectivity index (χ3n) is 3.39. The third-order valence-corrected chi connectivity index (χ3v) is 4.18. The van der Waals surface area contributed by atoms with E-state index in [1.165, 1.54) is 44.4 Å².